The van der Waals surface area contributed by atoms with E-state index in [9.17, 15) is 4.79 Å². The molecule has 4 nitrogen and oxygen atoms in total. The van der Waals surface area contributed by atoms with Crippen molar-refractivity contribution in [3.05, 3.63) is 17.8 Å². The quantitative estimate of drug-likeness (QED) is 0.559. The van der Waals surface area contributed by atoms with E-state index in [1.54, 1.807) is 12.1 Å². The maximum absolute atomic E-state index is 11.1. The molecule has 0 spiro atoms. The van der Waals surface area contributed by atoms with Gasteiger partial charge in [-0.05, 0) is 12.1 Å². The van der Waals surface area contributed by atoms with E-state index < -0.39 is 8.07 Å². The number of ether oxygens (including phenoxy) is 1. The first kappa shape index (κ1) is 11.7. The van der Waals surface area contributed by atoms with Crippen molar-refractivity contribution in [1.29, 1.82) is 0 Å². The van der Waals surface area contributed by atoms with E-state index in [0.717, 1.165) is 0 Å². The van der Waals surface area contributed by atoms with Gasteiger partial charge in [0.05, 0.1) is 0 Å². The summed E-state index contributed by atoms with van der Waals surface area (Å²) in [5.74, 6) is 3.35. The molecule has 0 fully saturated rings. The molecule has 88 valence electrons. The van der Waals surface area contributed by atoms with Gasteiger partial charge in [0.2, 0.25) is 5.88 Å². The molecule has 0 aromatic carbocycles. The van der Waals surface area contributed by atoms with Crippen LogP contribution >= 0.6 is 0 Å². The van der Waals surface area contributed by atoms with Gasteiger partial charge in [0.1, 0.15) is 19.5 Å². The van der Waals surface area contributed by atoms with E-state index in [4.69, 9.17) is 4.74 Å². The predicted octanol–water partition coefficient (Wildman–Crippen LogP) is 1.64. The van der Waals surface area contributed by atoms with Gasteiger partial charge in [-0.3, -0.25) is 4.79 Å². The Morgan fingerprint density at radius 2 is 2.18 bits per heavy atom. The summed E-state index contributed by atoms with van der Waals surface area (Å²) in [7, 11) is -1.40. The van der Waals surface area contributed by atoms with Gasteiger partial charge < -0.3 is 10.1 Å². The number of anilines is 1. The zero-order valence-corrected chi connectivity index (χ0v) is 11.1. The first-order valence-electron chi connectivity index (χ1n) is 5.41. The van der Waals surface area contributed by atoms with Gasteiger partial charge in [-0.2, -0.15) is 0 Å². The maximum Gasteiger partial charge on any atom is 0.262 e. The van der Waals surface area contributed by atoms with Crippen molar-refractivity contribution >= 4 is 19.7 Å². The lowest BCUT2D eigenvalue weighted by molar-refractivity contribution is -0.118. The van der Waals surface area contributed by atoms with Crippen LogP contribution in [0.25, 0.3) is 0 Å². The molecule has 5 heteroatoms. The zero-order valence-electron chi connectivity index (χ0n) is 10.1. The summed E-state index contributed by atoms with van der Waals surface area (Å²) in [4.78, 5) is 15.3. The fourth-order valence-electron chi connectivity index (χ4n) is 1.29. The molecule has 2 heterocycles. The van der Waals surface area contributed by atoms with Crippen LogP contribution in [0.3, 0.4) is 0 Å². The molecule has 17 heavy (non-hydrogen) atoms. The van der Waals surface area contributed by atoms with Crippen molar-refractivity contribution in [1.82, 2.24) is 4.98 Å². The number of amides is 1. The van der Waals surface area contributed by atoms with Crippen molar-refractivity contribution in [2.75, 3.05) is 11.9 Å². The summed E-state index contributed by atoms with van der Waals surface area (Å²) in [5, 5.41) is 2.69. The highest BCUT2D eigenvalue weighted by Gasteiger charge is 2.17. The molecule has 1 aromatic rings. The second kappa shape index (κ2) is 4.22. The van der Waals surface area contributed by atoms with Crippen molar-refractivity contribution in [2.45, 2.75) is 19.6 Å². The third kappa shape index (κ3) is 3.08. The molecular weight excluding hydrogens is 232 g/mol. The van der Waals surface area contributed by atoms with E-state index >= 15 is 0 Å². The number of carbonyl (C=O) groups excluding carboxylic acids is 1. The van der Waals surface area contributed by atoms with Gasteiger partial charge >= 0.3 is 0 Å². The molecule has 0 atom stereocenters. The Morgan fingerprint density at radius 1 is 1.41 bits per heavy atom. The number of aromatic nitrogens is 1. The van der Waals surface area contributed by atoms with Crippen LogP contribution in [0.5, 0.6) is 5.88 Å². The minimum atomic E-state index is -1.40. The number of pyridine rings is 1. The fraction of sp³-hybridized carbons (Fsp3) is 0.333. The van der Waals surface area contributed by atoms with Gasteiger partial charge in [-0.25, -0.2) is 4.98 Å². The molecule has 0 saturated carbocycles. The molecule has 0 aliphatic carbocycles. The normalized spacial score (nSPS) is 13.9. The number of hydrogen-bond acceptors (Lipinski definition) is 3. The topological polar surface area (TPSA) is 51.2 Å². The van der Waals surface area contributed by atoms with Crippen LogP contribution in [0.1, 0.15) is 5.69 Å². The standard InChI is InChI=1S/C12H14N2O2Si/c1-17(2,3)7-6-9-4-5-10-12(13-9)16-8-11(15)14-10/h4-5H,8H2,1-3H3,(H,14,15). The molecule has 0 unspecified atom stereocenters. The Kier molecular flexibility index (Phi) is 2.90. The average Bonchev–Trinajstić information content (AvgIpc) is 2.25. The molecule has 1 aliphatic rings. The van der Waals surface area contributed by atoms with E-state index in [-0.39, 0.29) is 12.5 Å². The maximum atomic E-state index is 11.1. The lowest BCUT2D eigenvalue weighted by Gasteiger charge is -2.16. The van der Waals surface area contributed by atoms with Gasteiger partial charge in [-0.1, -0.05) is 25.6 Å². The van der Waals surface area contributed by atoms with Crippen molar-refractivity contribution in [2.24, 2.45) is 0 Å². The number of fused-ring (bicyclic) bond motifs is 1. The Bertz CT molecular complexity index is 524. The Balaban J connectivity index is 2.28. The first-order valence-corrected chi connectivity index (χ1v) is 8.91. The lowest BCUT2D eigenvalue weighted by Crippen LogP contribution is -2.26. The van der Waals surface area contributed by atoms with Gasteiger partial charge in [0.15, 0.2) is 6.61 Å². The van der Waals surface area contributed by atoms with Crippen LogP contribution in [0.4, 0.5) is 5.69 Å². The third-order valence-corrected chi connectivity index (χ3v) is 2.91. The summed E-state index contributed by atoms with van der Waals surface area (Å²) in [6.07, 6.45) is 0. The molecule has 0 saturated heterocycles. The Hall–Kier alpha value is -1.80. The van der Waals surface area contributed by atoms with Crippen LogP contribution in [-0.2, 0) is 4.79 Å². The van der Waals surface area contributed by atoms with E-state index in [2.05, 4.69) is 41.4 Å². The molecular formula is C12H14N2O2Si. The first-order chi connectivity index (χ1) is 7.94. The summed E-state index contributed by atoms with van der Waals surface area (Å²) < 4.78 is 5.23. The highest BCUT2D eigenvalue weighted by Crippen LogP contribution is 2.24. The number of nitrogens with zero attached hydrogens (tertiary/aromatic N) is 1. The second-order valence-electron chi connectivity index (χ2n) is 4.89. The highest BCUT2D eigenvalue weighted by molar-refractivity contribution is 6.83. The molecule has 1 aromatic heterocycles. The molecule has 1 aliphatic heterocycles. The summed E-state index contributed by atoms with van der Waals surface area (Å²) in [5.41, 5.74) is 4.53. The monoisotopic (exact) mass is 246 g/mol. The summed E-state index contributed by atoms with van der Waals surface area (Å²) in [6, 6.07) is 3.56. The van der Waals surface area contributed by atoms with Gasteiger partial charge in [-0.15, -0.1) is 5.54 Å². The zero-order chi connectivity index (χ0) is 12.5. The molecule has 1 amide bonds. The van der Waals surface area contributed by atoms with Crippen molar-refractivity contribution in [3.8, 4) is 17.3 Å². The van der Waals surface area contributed by atoms with E-state index in [0.29, 0.717) is 17.3 Å². The number of carbonyl (C=O) groups is 1. The molecule has 1 N–H and O–H groups in total. The fourth-order valence-corrected chi connectivity index (χ4v) is 1.79. The van der Waals surface area contributed by atoms with Crippen LogP contribution in [0.15, 0.2) is 12.1 Å². The Labute approximate surface area is 101 Å². The minimum Gasteiger partial charge on any atom is -0.466 e. The largest absolute Gasteiger partial charge is 0.466 e. The lowest BCUT2D eigenvalue weighted by atomic mass is 10.3. The van der Waals surface area contributed by atoms with Crippen LogP contribution < -0.4 is 10.1 Å². The average molecular weight is 246 g/mol. The third-order valence-electron chi connectivity index (χ3n) is 2.04. The predicted molar refractivity (Wildman–Crippen MR) is 68.6 cm³/mol. The molecule has 0 radical (unpaired) electrons. The minimum absolute atomic E-state index is 0.0188. The van der Waals surface area contributed by atoms with E-state index in [1.165, 1.54) is 0 Å². The van der Waals surface area contributed by atoms with Gasteiger partial charge in [0.25, 0.3) is 5.91 Å². The SMILES string of the molecule is C[Si](C)(C)C#Cc1ccc2c(n1)OCC(=O)N2. The highest BCUT2D eigenvalue weighted by atomic mass is 28.3. The smallest absolute Gasteiger partial charge is 0.262 e. The van der Waals surface area contributed by atoms with E-state index in [1.807, 2.05) is 0 Å². The van der Waals surface area contributed by atoms with Crippen LogP contribution in [-0.4, -0.2) is 25.6 Å². The molecule has 2 rings (SSSR count). The van der Waals surface area contributed by atoms with Crippen LogP contribution in [0.2, 0.25) is 19.6 Å². The molecule has 0 bridgehead atoms. The summed E-state index contributed by atoms with van der Waals surface area (Å²) >= 11 is 0. The van der Waals surface area contributed by atoms with Crippen molar-refractivity contribution < 1.29 is 9.53 Å². The van der Waals surface area contributed by atoms with Gasteiger partial charge in [0, 0.05) is 0 Å². The van der Waals surface area contributed by atoms with Crippen LogP contribution in [0, 0.1) is 11.5 Å². The Morgan fingerprint density at radius 3 is 2.88 bits per heavy atom. The second-order valence-corrected chi connectivity index (χ2v) is 9.64. The van der Waals surface area contributed by atoms with Crippen molar-refractivity contribution in [3.63, 3.8) is 0 Å². The number of rotatable bonds is 0. The summed E-state index contributed by atoms with van der Waals surface area (Å²) in [6.45, 7) is 6.55. The number of hydrogen-bond donors (Lipinski definition) is 1. The number of nitrogens with one attached hydrogen (secondary N) is 1.